The van der Waals surface area contributed by atoms with E-state index in [-0.39, 0.29) is 5.82 Å². The molecule has 2 rings (SSSR count). The van der Waals surface area contributed by atoms with Crippen LogP contribution in [0.3, 0.4) is 0 Å². The largest absolute Gasteiger partial charge is 0.348 e. The van der Waals surface area contributed by atoms with E-state index in [4.69, 9.17) is 12.2 Å². The predicted molar refractivity (Wildman–Crippen MR) is 90.0 cm³/mol. The number of nitrogens with zero attached hydrogens (tertiary/aromatic N) is 1. The smallest absolute Gasteiger partial charge is 0.173 e. The Bertz CT molecular complexity index is 655. The van der Waals surface area contributed by atoms with E-state index in [2.05, 4.69) is 37.4 Å². The van der Waals surface area contributed by atoms with Gasteiger partial charge in [-0.1, -0.05) is 35.9 Å². The van der Waals surface area contributed by atoms with Crippen molar-refractivity contribution in [1.29, 1.82) is 0 Å². The number of hydrogen-bond acceptors (Lipinski definition) is 1. The summed E-state index contributed by atoms with van der Waals surface area (Å²) in [6, 6.07) is 12.9. The van der Waals surface area contributed by atoms with Crippen molar-refractivity contribution in [3.8, 4) is 0 Å². The monoisotopic (exact) mass is 302 g/mol. The first-order valence-electron chi connectivity index (χ1n) is 6.80. The molecule has 0 spiro atoms. The number of hydrogen-bond donors (Lipinski definition) is 1. The molecule has 21 heavy (non-hydrogen) atoms. The number of anilines is 1. The Balaban J connectivity index is 2.04. The molecule has 0 aliphatic rings. The summed E-state index contributed by atoms with van der Waals surface area (Å²) < 4.78 is 13.6. The van der Waals surface area contributed by atoms with Crippen molar-refractivity contribution in [3.05, 3.63) is 65.0 Å². The van der Waals surface area contributed by atoms with Gasteiger partial charge in [0.2, 0.25) is 0 Å². The molecule has 0 saturated heterocycles. The van der Waals surface area contributed by atoms with Gasteiger partial charge in [-0.05, 0) is 49.3 Å². The third-order valence-corrected chi connectivity index (χ3v) is 3.78. The van der Waals surface area contributed by atoms with Gasteiger partial charge in [-0.2, -0.15) is 0 Å². The molecule has 110 valence electrons. The number of halogens is 1. The second-order valence-corrected chi connectivity index (χ2v) is 5.58. The summed E-state index contributed by atoms with van der Waals surface area (Å²) in [6.45, 7) is 4.85. The molecule has 0 aliphatic heterocycles. The molecule has 0 aliphatic carbocycles. The molecular formula is C17H19FN2S. The summed E-state index contributed by atoms with van der Waals surface area (Å²) in [5.74, 6) is -0.306. The molecule has 1 N–H and O–H groups in total. The van der Waals surface area contributed by atoms with Crippen LogP contribution in [-0.2, 0) is 6.54 Å². The number of nitrogens with one attached hydrogen (secondary N) is 1. The molecule has 0 radical (unpaired) electrons. The highest BCUT2D eigenvalue weighted by Crippen LogP contribution is 2.15. The topological polar surface area (TPSA) is 15.3 Å². The van der Waals surface area contributed by atoms with Crippen LogP contribution in [0, 0.1) is 19.7 Å². The number of thiocarbonyl (C=S) groups is 1. The average molecular weight is 302 g/mol. The maximum absolute atomic E-state index is 13.6. The van der Waals surface area contributed by atoms with Crippen molar-refractivity contribution < 1.29 is 4.39 Å². The Morgan fingerprint density at radius 3 is 2.57 bits per heavy atom. The second-order valence-electron chi connectivity index (χ2n) is 5.20. The number of benzene rings is 2. The molecule has 4 heteroatoms. The minimum absolute atomic E-state index is 0.306. The minimum Gasteiger partial charge on any atom is -0.348 e. The van der Waals surface area contributed by atoms with E-state index < -0.39 is 0 Å². The van der Waals surface area contributed by atoms with Crippen molar-refractivity contribution in [3.63, 3.8) is 0 Å². The summed E-state index contributed by atoms with van der Waals surface area (Å²) >= 11 is 5.33. The van der Waals surface area contributed by atoms with E-state index in [9.17, 15) is 4.39 Å². The predicted octanol–water partition coefficient (Wildman–Crippen LogP) is 4.27. The van der Waals surface area contributed by atoms with Crippen LogP contribution >= 0.6 is 12.2 Å². The Hall–Kier alpha value is -1.94. The zero-order chi connectivity index (χ0) is 15.4. The number of aryl methyl sites for hydroxylation is 2. The van der Waals surface area contributed by atoms with Crippen molar-refractivity contribution in [1.82, 2.24) is 4.90 Å². The van der Waals surface area contributed by atoms with Crippen LogP contribution in [0.4, 0.5) is 10.1 Å². The van der Waals surface area contributed by atoms with Crippen LogP contribution in [0.2, 0.25) is 0 Å². The summed E-state index contributed by atoms with van der Waals surface area (Å²) in [5, 5.41) is 3.44. The Kier molecular flexibility index (Phi) is 4.91. The Morgan fingerprint density at radius 2 is 1.90 bits per heavy atom. The summed E-state index contributed by atoms with van der Waals surface area (Å²) in [5.41, 5.74) is 4.08. The maximum atomic E-state index is 13.6. The van der Waals surface area contributed by atoms with E-state index in [0.29, 0.717) is 17.3 Å². The lowest BCUT2D eigenvalue weighted by atomic mass is 10.1. The van der Waals surface area contributed by atoms with Crippen LogP contribution in [-0.4, -0.2) is 17.1 Å². The second kappa shape index (κ2) is 6.68. The Labute approximate surface area is 130 Å². The van der Waals surface area contributed by atoms with Crippen LogP contribution < -0.4 is 5.32 Å². The molecule has 0 heterocycles. The summed E-state index contributed by atoms with van der Waals surface area (Å²) in [6.07, 6.45) is 0. The highest BCUT2D eigenvalue weighted by Gasteiger charge is 2.09. The zero-order valence-corrected chi connectivity index (χ0v) is 13.3. The van der Waals surface area contributed by atoms with E-state index in [1.807, 2.05) is 11.9 Å². The van der Waals surface area contributed by atoms with Gasteiger partial charge in [-0.15, -0.1) is 0 Å². The van der Waals surface area contributed by atoms with Gasteiger partial charge < -0.3 is 10.2 Å². The Morgan fingerprint density at radius 1 is 1.19 bits per heavy atom. The first kappa shape index (κ1) is 15.4. The van der Waals surface area contributed by atoms with E-state index in [0.717, 1.165) is 0 Å². The highest BCUT2D eigenvalue weighted by atomic mass is 32.1. The fraction of sp³-hybridized carbons (Fsp3) is 0.235. The highest BCUT2D eigenvalue weighted by molar-refractivity contribution is 7.80. The normalized spacial score (nSPS) is 10.3. The van der Waals surface area contributed by atoms with Crippen LogP contribution in [0.1, 0.15) is 16.7 Å². The molecule has 0 aromatic heterocycles. The minimum atomic E-state index is -0.306. The maximum Gasteiger partial charge on any atom is 0.173 e. The molecule has 0 saturated carbocycles. The zero-order valence-electron chi connectivity index (χ0n) is 12.5. The third-order valence-electron chi connectivity index (χ3n) is 3.37. The van der Waals surface area contributed by atoms with Crippen LogP contribution in [0.15, 0.2) is 42.5 Å². The molecule has 2 aromatic rings. The lowest BCUT2D eigenvalue weighted by molar-refractivity contribution is 0.506. The van der Waals surface area contributed by atoms with Crippen LogP contribution in [0.25, 0.3) is 0 Å². The van der Waals surface area contributed by atoms with Crippen molar-refractivity contribution in [2.24, 2.45) is 0 Å². The van der Waals surface area contributed by atoms with E-state index >= 15 is 0 Å². The van der Waals surface area contributed by atoms with Crippen molar-refractivity contribution in [2.75, 3.05) is 12.4 Å². The first-order chi connectivity index (χ1) is 9.97. The molecule has 0 amide bonds. The summed E-state index contributed by atoms with van der Waals surface area (Å²) in [4.78, 5) is 1.90. The quantitative estimate of drug-likeness (QED) is 0.852. The fourth-order valence-electron chi connectivity index (χ4n) is 2.12. The van der Waals surface area contributed by atoms with Crippen LogP contribution in [0.5, 0.6) is 0 Å². The van der Waals surface area contributed by atoms with Gasteiger partial charge in [-0.25, -0.2) is 4.39 Å². The average Bonchev–Trinajstić information content (AvgIpc) is 2.44. The third kappa shape index (κ3) is 4.02. The standard InChI is InChI=1S/C17H19FN2S/c1-12-8-9-14(13(2)10-12)11-20(3)17(21)19-16-7-5-4-6-15(16)18/h4-10H,11H2,1-3H3,(H,19,21). The van der Waals surface area contributed by atoms with Gasteiger partial charge in [0.05, 0.1) is 5.69 Å². The molecule has 2 nitrogen and oxygen atoms in total. The lowest BCUT2D eigenvalue weighted by Crippen LogP contribution is -2.31. The number of rotatable bonds is 3. The van der Waals surface area contributed by atoms with E-state index in [1.54, 1.807) is 18.2 Å². The SMILES string of the molecule is Cc1ccc(CN(C)C(=S)Nc2ccccc2F)c(C)c1. The van der Waals surface area contributed by atoms with Crippen molar-refractivity contribution in [2.45, 2.75) is 20.4 Å². The van der Waals surface area contributed by atoms with Gasteiger partial charge in [0.25, 0.3) is 0 Å². The van der Waals surface area contributed by atoms with Gasteiger partial charge in [-0.3, -0.25) is 0 Å². The van der Waals surface area contributed by atoms with E-state index in [1.165, 1.54) is 22.8 Å². The molecule has 0 atom stereocenters. The molecule has 0 bridgehead atoms. The lowest BCUT2D eigenvalue weighted by Gasteiger charge is -2.22. The molecule has 0 fully saturated rings. The molecule has 2 aromatic carbocycles. The molecular weight excluding hydrogens is 283 g/mol. The van der Waals surface area contributed by atoms with Crippen molar-refractivity contribution >= 4 is 23.0 Å². The summed E-state index contributed by atoms with van der Waals surface area (Å²) in [7, 11) is 1.90. The molecule has 0 unspecified atom stereocenters. The van der Waals surface area contributed by atoms with Gasteiger partial charge in [0, 0.05) is 13.6 Å². The van der Waals surface area contributed by atoms with Gasteiger partial charge >= 0.3 is 0 Å². The van der Waals surface area contributed by atoms with Gasteiger partial charge in [0.15, 0.2) is 5.11 Å². The first-order valence-corrected chi connectivity index (χ1v) is 7.21. The number of para-hydroxylation sites is 1. The van der Waals surface area contributed by atoms with Gasteiger partial charge in [0.1, 0.15) is 5.82 Å². The fourth-order valence-corrected chi connectivity index (χ4v) is 2.30.